The molecule has 21 atom stereocenters. The predicted octanol–water partition coefficient (Wildman–Crippen LogP) is 1.96. The van der Waals surface area contributed by atoms with E-state index >= 15 is 0 Å². The zero-order valence-corrected chi connectivity index (χ0v) is 31.0. The lowest BCUT2D eigenvalue weighted by Crippen LogP contribution is -2.61. The van der Waals surface area contributed by atoms with Crippen LogP contribution in [0.25, 0.3) is 0 Å². The fourth-order valence-corrected chi connectivity index (χ4v) is 12.7. The van der Waals surface area contributed by atoms with E-state index in [4.69, 9.17) is 23.7 Å². The third kappa shape index (κ3) is 5.93. The Labute approximate surface area is 302 Å². The fraction of sp³-hybridized carbons (Fsp3) is 0.949. The SMILES string of the molecule is CC1CCC2(NC1)OC1CC3C4CC=C5CC(OC6OC(C)C(O)C(OCC7OC(O)C(O)C(O)C7O)C6O)CCC5(C)C4CCC3(C)C1C2C. The summed E-state index contributed by atoms with van der Waals surface area (Å²) in [6.45, 7) is 12.3. The van der Waals surface area contributed by atoms with Crippen LogP contribution in [0.4, 0.5) is 0 Å². The molecule has 290 valence electrons. The highest BCUT2D eigenvalue weighted by atomic mass is 16.7. The lowest BCUT2D eigenvalue weighted by atomic mass is 9.47. The molecule has 0 radical (unpaired) electrons. The van der Waals surface area contributed by atoms with Crippen LogP contribution in [0.5, 0.6) is 0 Å². The van der Waals surface area contributed by atoms with Crippen LogP contribution in [-0.4, -0.2) is 123 Å². The fourth-order valence-electron chi connectivity index (χ4n) is 12.7. The number of fused-ring (bicyclic) bond motifs is 7. The molecule has 21 unspecified atom stereocenters. The molecule has 4 aliphatic heterocycles. The second-order valence-corrected chi connectivity index (χ2v) is 18.5. The van der Waals surface area contributed by atoms with Gasteiger partial charge in [0.15, 0.2) is 12.6 Å². The second kappa shape index (κ2) is 13.5. The van der Waals surface area contributed by atoms with Crippen molar-refractivity contribution < 1.29 is 54.3 Å². The number of aliphatic hydroxyl groups is 6. The Morgan fingerprint density at radius 1 is 0.863 bits per heavy atom. The van der Waals surface area contributed by atoms with Crippen molar-refractivity contribution in [2.45, 2.75) is 172 Å². The van der Waals surface area contributed by atoms with Crippen LogP contribution >= 0.6 is 0 Å². The summed E-state index contributed by atoms with van der Waals surface area (Å²) >= 11 is 0. The largest absolute Gasteiger partial charge is 0.388 e. The Bertz CT molecular complexity index is 1310. The van der Waals surface area contributed by atoms with Crippen LogP contribution < -0.4 is 5.32 Å². The highest BCUT2D eigenvalue weighted by molar-refractivity contribution is 5.26. The lowest BCUT2D eigenvalue weighted by Gasteiger charge is -2.59. The molecule has 7 N–H and O–H groups in total. The molecule has 4 aliphatic carbocycles. The van der Waals surface area contributed by atoms with Crippen LogP contribution in [0.15, 0.2) is 11.6 Å². The molecule has 0 amide bonds. The van der Waals surface area contributed by atoms with Gasteiger partial charge in [0.2, 0.25) is 0 Å². The van der Waals surface area contributed by atoms with Gasteiger partial charge in [0.1, 0.15) is 48.5 Å². The molecular formula is C39H63NO11. The molecule has 8 aliphatic rings. The predicted molar refractivity (Wildman–Crippen MR) is 184 cm³/mol. The molecule has 0 aromatic heterocycles. The molecule has 8 rings (SSSR count). The number of aliphatic hydroxyl groups excluding tert-OH is 6. The van der Waals surface area contributed by atoms with Gasteiger partial charge >= 0.3 is 0 Å². The number of ether oxygens (including phenoxy) is 5. The first-order valence-electron chi connectivity index (χ1n) is 20.0. The second-order valence-electron chi connectivity index (χ2n) is 18.5. The van der Waals surface area contributed by atoms with Gasteiger partial charge < -0.3 is 54.3 Å². The summed E-state index contributed by atoms with van der Waals surface area (Å²) in [5.74, 6) is 3.80. The molecule has 12 heteroatoms. The third-order valence-electron chi connectivity index (χ3n) is 15.8. The maximum atomic E-state index is 11.3. The monoisotopic (exact) mass is 721 g/mol. The van der Waals surface area contributed by atoms with Crippen molar-refractivity contribution in [2.24, 2.45) is 46.3 Å². The Morgan fingerprint density at radius 3 is 2.39 bits per heavy atom. The summed E-state index contributed by atoms with van der Waals surface area (Å²) < 4.78 is 30.6. The molecule has 12 nitrogen and oxygen atoms in total. The standard InChI is InChI=1S/C39H63NO11/c1-18-8-13-39(40-16-18)19(2)28-26(51-39)15-25-23-7-6-21-14-22(9-11-37(21,4)24(23)10-12-38(25,28)5)49-36-33(45)34(29(41)20(3)48-36)47-17-27-30(42)31(43)32(44)35(46)50-27/h6,18-20,22-36,40-46H,7-17H2,1-5H3. The van der Waals surface area contributed by atoms with Gasteiger partial charge in [0.05, 0.1) is 24.9 Å². The first kappa shape index (κ1) is 37.2. The Kier molecular flexibility index (Phi) is 9.83. The van der Waals surface area contributed by atoms with Gasteiger partial charge in [-0.05, 0) is 105 Å². The van der Waals surface area contributed by atoms with E-state index < -0.39 is 61.4 Å². The summed E-state index contributed by atoms with van der Waals surface area (Å²) in [7, 11) is 0. The zero-order chi connectivity index (χ0) is 36.2. The van der Waals surface area contributed by atoms with Crippen molar-refractivity contribution >= 4 is 0 Å². The summed E-state index contributed by atoms with van der Waals surface area (Å²) in [4.78, 5) is 0. The van der Waals surface area contributed by atoms with E-state index in [2.05, 4.69) is 39.1 Å². The van der Waals surface area contributed by atoms with E-state index in [0.29, 0.717) is 47.0 Å². The van der Waals surface area contributed by atoms with Gasteiger partial charge in [-0.15, -0.1) is 0 Å². The molecule has 4 saturated heterocycles. The minimum Gasteiger partial charge on any atom is -0.388 e. The van der Waals surface area contributed by atoms with E-state index in [-0.39, 0.29) is 23.9 Å². The van der Waals surface area contributed by atoms with Crippen LogP contribution in [0.1, 0.15) is 92.4 Å². The maximum absolute atomic E-state index is 11.3. The summed E-state index contributed by atoms with van der Waals surface area (Å²) in [6, 6.07) is 0. The first-order valence-corrected chi connectivity index (χ1v) is 20.0. The minimum absolute atomic E-state index is 0.112. The van der Waals surface area contributed by atoms with Crippen molar-refractivity contribution in [1.29, 1.82) is 0 Å². The Morgan fingerprint density at radius 2 is 1.65 bits per heavy atom. The highest BCUT2D eigenvalue weighted by Gasteiger charge is 2.68. The number of allylic oxidation sites excluding steroid dienone is 1. The summed E-state index contributed by atoms with van der Waals surface area (Å²) in [5, 5.41) is 66.1. The number of piperidine rings is 1. The Balaban J connectivity index is 0.910. The van der Waals surface area contributed by atoms with Crippen LogP contribution in [0.2, 0.25) is 0 Å². The lowest BCUT2D eigenvalue weighted by molar-refractivity contribution is -0.324. The van der Waals surface area contributed by atoms with Crippen molar-refractivity contribution in [1.82, 2.24) is 5.32 Å². The molecular weight excluding hydrogens is 658 g/mol. The van der Waals surface area contributed by atoms with Crippen LogP contribution in [0, 0.1) is 46.3 Å². The molecule has 51 heavy (non-hydrogen) atoms. The average Bonchev–Trinajstić information content (AvgIpc) is 3.55. The molecule has 4 heterocycles. The number of nitrogens with one attached hydrogen (secondary N) is 1. The molecule has 0 bridgehead atoms. The first-order chi connectivity index (χ1) is 24.2. The molecule has 3 saturated carbocycles. The van der Waals surface area contributed by atoms with Gasteiger partial charge in [0, 0.05) is 12.5 Å². The van der Waals surface area contributed by atoms with Crippen molar-refractivity contribution in [3.8, 4) is 0 Å². The van der Waals surface area contributed by atoms with Crippen LogP contribution in [-0.2, 0) is 23.7 Å². The van der Waals surface area contributed by atoms with Crippen molar-refractivity contribution in [3.05, 3.63) is 11.6 Å². The highest BCUT2D eigenvalue weighted by Crippen LogP contribution is 2.70. The zero-order valence-electron chi connectivity index (χ0n) is 31.0. The van der Waals surface area contributed by atoms with Gasteiger partial charge in [-0.2, -0.15) is 0 Å². The summed E-state index contributed by atoms with van der Waals surface area (Å²) in [6.07, 6.45) is -0.634. The Hall–Kier alpha value is -0.740. The van der Waals surface area contributed by atoms with Gasteiger partial charge in [-0.1, -0.05) is 39.3 Å². The quantitative estimate of drug-likeness (QED) is 0.206. The van der Waals surface area contributed by atoms with E-state index in [1.807, 2.05) is 0 Å². The number of rotatable bonds is 5. The average molecular weight is 722 g/mol. The minimum atomic E-state index is -1.71. The summed E-state index contributed by atoms with van der Waals surface area (Å²) in [5.41, 5.74) is 1.73. The van der Waals surface area contributed by atoms with E-state index in [1.54, 1.807) is 6.92 Å². The van der Waals surface area contributed by atoms with Crippen molar-refractivity contribution in [2.75, 3.05) is 13.2 Å². The number of hydrogen-bond acceptors (Lipinski definition) is 12. The topological polar surface area (TPSA) is 180 Å². The van der Waals surface area contributed by atoms with Crippen LogP contribution in [0.3, 0.4) is 0 Å². The molecule has 0 aromatic carbocycles. The van der Waals surface area contributed by atoms with Gasteiger partial charge in [0.25, 0.3) is 0 Å². The van der Waals surface area contributed by atoms with E-state index in [1.165, 1.54) is 31.3 Å². The van der Waals surface area contributed by atoms with E-state index in [0.717, 1.165) is 38.6 Å². The van der Waals surface area contributed by atoms with Gasteiger partial charge in [-0.3, -0.25) is 5.32 Å². The smallest absolute Gasteiger partial charge is 0.186 e. The number of hydrogen-bond donors (Lipinski definition) is 7. The van der Waals surface area contributed by atoms with Gasteiger partial charge in [-0.25, -0.2) is 0 Å². The molecule has 1 spiro atoms. The third-order valence-corrected chi connectivity index (χ3v) is 15.8. The maximum Gasteiger partial charge on any atom is 0.186 e. The molecule has 7 fully saturated rings. The molecule has 0 aromatic rings. The normalized spacial score (nSPS) is 58.4. The van der Waals surface area contributed by atoms with E-state index in [9.17, 15) is 30.6 Å². The van der Waals surface area contributed by atoms with Crippen molar-refractivity contribution in [3.63, 3.8) is 0 Å².